The van der Waals surface area contributed by atoms with Gasteiger partial charge >= 0.3 is 12.1 Å². The molecular weight excluding hydrogens is 518 g/mol. The normalized spacial score (nSPS) is 11.7. The van der Waals surface area contributed by atoms with Crippen LogP contribution in [0.2, 0.25) is 0 Å². The number of carbonyl (C=O) groups is 2. The van der Waals surface area contributed by atoms with Crippen LogP contribution in [0.1, 0.15) is 31.5 Å². The first-order chi connectivity index (χ1) is 18.3. The molecule has 1 amide bonds. The second-order valence-corrected chi connectivity index (χ2v) is 9.01. The Morgan fingerprint density at radius 1 is 1.00 bits per heavy atom. The molecule has 3 aromatic rings. The van der Waals surface area contributed by atoms with Gasteiger partial charge in [-0.25, -0.2) is 14.2 Å². The number of carboxylic acid groups (broad SMARTS) is 1. The monoisotopic (exact) mass is 549 g/mol. The van der Waals surface area contributed by atoms with Gasteiger partial charge in [-0.15, -0.1) is 0 Å². The maximum absolute atomic E-state index is 13.1. The number of amides is 1. The summed E-state index contributed by atoms with van der Waals surface area (Å²) in [5.41, 5.74) is 2.58. The van der Waals surface area contributed by atoms with Crippen LogP contribution in [0.25, 0.3) is 0 Å². The SMILES string of the molecule is Cc1cc(N[C@@H](CC(C)C)C(=O)Nc2ccccc2)nc(NCCc2ccc(F)cc2)n1.O=C(O)C(F)(F)F. The second-order valence-electron chi connectivity index (χ2n) is 9.01. The summed E-state index contributed by atoms with van der Waals surface area (Å²) >= 11 is 0. The summed E-state index contributed by atoms with van der Waals surface area (Å²) in [5.74, 6) is -1.70. The Balaban J connectivity index is 0.000000673. The first-order valence-corrected chi connectivity index (χ1v) is 12.1. The summed E-state index contributed by atoms with van der Waals surface area (Å²) in [4.78, 5) is 30.8. The van der Waals surface area contributed by atoms with Gasteiger partial charge in [-0.05, 0) is 55.5 Å². The lowest BCUT2D eigenvalue weighted by molar-refractivity contribution is -0.192. The molecule has 210 valence electrons. The van der Waals surface area contributed by atoms with E-state index in [1.807, 2.05) is 43.3 Å². The zero-order valence-electron chi connectivity index (χ0n) is 21.7. The third-order valence-electron chi connectivity index (χ3n) is 5.09. The van der Waals surface area contributed by atoms with E-state index in [0.717, 1.165) is 23.4 Å². The van der Waals surface area contributed by atoms with Crippen molar-refractivity contribution in [1.82, 2.24) is 9.97 Å². The second kappa shape index (κ2) is 14.6. The van der Waals surface area contributed by atoms with Crippen LogP contribution in [0.3, 0.4) is 0 Å². The van der Waals surface area contributed by atoms with Crippen LogP contribution >= 0.6 is 0 Å². The number of rotatable bonds is 10. The van der Waals surface area contributed by atoms with Crippen molar-refractivity contribution >= 4 is 29.3 Å². The molecule has 0 spiro atoms. The van der Waals surface area contributed by atoms with Crippen LogP contribution in [0.15, 0.2) is 60.7 Å². The van der Waals surface area contributed by atoms with Crippen molar-refractivity contribution < 1.29 is 32.3 Å². The van der Waals surface area contributed by atoms with Crippen LogP contribution in [-0.4, -0.2) is 45.7 Å². The van der Waals surface area contributed by atoms with Gasteiger partial charge < -0.3 is 21.1 Å². The van der Waals surface area contributed by atoms with E-state index in [1.54, 1.807) is 12.1 Å². The van der Waals surface area contributed by atoms with E-state index in [-0.39, 0.29) is 11.7 Å². The summed E-state index contributed by atoms with van der Waals surface area (Å²) in [7, 11) is 0. The van der Waals surface area contributed by atoms with Crippen molar-refractivity contribution in [1.29, 1.82) is 0 Å². The van der Waals surface area contributed by atoms with Crippen molar-refractivity contribution in [3.05, 3.63) is 77.7 Å². The standard InChI is InChI=1S/C25H30FN5O.C2HF3O2/c1-17(2)15-22(24(32)29-21-7-5-4-6-8-21)30-23-16-18(3)28-25(31-23)27-14-13-19-9-11-20(26)12-10-19;3-2(4,5)1(6)7/h4-12,16-17,22H,13-15H2,1-3H3,(H,29,32)(H2,27,28,30,31);(H,6,7)/t22-;/m0./s1. The number of nitrogens with one attached hydrogen (secondary N) is 3. The molecule has 0 bridgehead atoms. The number of aryl methyl sites for hydroxylation is 1. The Hall–Kier alpha value is -4.22. The van der Waals surface area contributed by atoms with E-state index in [2.05, 4.69) is 39.8 Å². The van der Waals surface area contributed by atoms with Gasteiger partial charge in [0.15, 0.2) is 0 Å². The number of benzene rings is 2. The molecule has 1 heterocycles. The fourth-order valence-electron chi connectivity index (χ4n) is 3.32. The zero-order valence-corrected chi connectivity index (χ0v) is 21.7. The Kier molecular flexibility index (Phi) is 11.6. The number of carboxylic acids is 1. The van der Waals surface area contributed by atoms with Crippen LogP contribution in [0.4, 0.5) is 35.0 Å². The smallest absolute Gasteiger partial charge is 0.475 e. The van der Waals surface area contributed by atoms with Gasteiger partial charge in [0.05, 0.1) is 0 Å². The Labute approximate surface area is 223 Å². The molecule has 8 nitrogen and oxygen atoms in total. The number of anilines is 3. The van der Waals surface area contributed by atoms with E-state index in [4.69, 9.17) is 9.90 Å². The highest BCUT2D eigenvalue weighted by Gasteiger charge is 2.38. The molecule has 0 saturated carbocycles. The minimum absolute atomic E-state index is 0.105. The summed E-state index contributed by atoms with van der Waals surface area (Å²) < 4.78 is 44.8. The van der Waals surface area contributed by atoms with E-state index in [0.29, 0.717) is 30.6 Å². The number of carbonyl (C=O) groups excluding carboxylic acids is 1. The van der Waals surface area contributed by atoms with Crippen LogP contribution < -0.4 is 16.0 Å². The third-order valence-corrected chi connectivity index (χ3v) is 5.09. The maximum Gasteiger partial charge on any atom is 0.490 e. The number of hydrogen-bond donors (Lipinski definition) is 4. The number of aliphatic carboxylic acids is 1. The molecule has 12 heteroatoms. The molecule has 39 heavy (non-hydrogen) atoms. The number of halogens is 4. The van der Waals surface area contributed by atoms with Gasteiger partial charge in [0.25, 0.3) is 0 Å². The van der Waals surface area contributed by atoms with Crippen LogP contribution in [0, 0.1) is 18.7 Å². The number of para-hydroxylation sites is 1. The molecule has 1 aromatic heterocycles. The van der Waals surface area contributed by atoms with E-state index in [9.17, 15) is 22.4 Å². The summed E-state index contributed by atoms with van der Waals surface area (Å²) in [6, 6.07) is 17.2. The summed E-state index contributed by atoms with van der Waals surface area (Å²) in [5, 5.41) is 16.6. The molecule has 0 aliphatic heterocycles. The topological polar surface area (TPSA) is 116 Å². The average molecular weight is 550 g/mol. The fourth-order valence-corrected chi connectivity index (χ4v) is 3.32. The Bertz CT molecular complexity index is 1210. The predicted molar refractivity (Wildman–Crippen MR) is 141 cm³/mol. The molecule has 0 aliphatic carbocycles. The molecule has 1 atom stereocenters. The van der Waals surface area contributed by atoms with Crippen LogP contribution in [0.5, 0.6) is 0 Å². The molecule has 2 aromatic carbocycles. The highest BCUT2D eigenvalue weighted by molar-refractivity contribution is 5.96. The van der Waals surface area contributed by atoms with Crippen molar-refractivity contribution in [2.24, 2.45) is 5.92 Å². The third kappa shape index (κ3) is 11.8. The van der Waals surface area contributed by atoms with Gasteiger partial charge in [0.1, 0.15) is 17.7 Å². The van der Waals surface area contributed by atoms with E-state index < -0.39 is 18.2 Å². The molecule has 0 fully saturated rings. The molecule has 0 saturated heterocycles. The molecule has 0 aliphatic rings. The highest BCUT2D eigenvalue weighted by atomic mass is 19.4. The predicted octanol–water partition coefficient (Wildman–Crippen LogP) is 5.68. The van der Waals surface area contributed by atoms with Gasteiger partial charge in [0, 0.05) is 24.0 Å². The van der Waals surface area contributed by atoms with Crippen molar-refractivity contribution in [3.63, 3.8) is 0 Å². The van der Waals surface area contributed by atoms with E-state index in [1.165, 1.54) is 12.1 Å². The maximum atomic E-state index is 13.1. The van der Waals surface area contributed by atoms with Crippen LogP contribution in [-0.2, 0) is 16.0 Å². The highest BCUT2D eigenvalue weighted by Crippen LogP contribution is 2.17. The summed E-state index contributed by atoms with van der Waals surface area (Å²) in [6.45, 7) is 6.66. The average Bonchev–Trinajstić information content (AvgIpc) is 2.85. The summed E-state index contributed by atoms with van der Waals surface area (Å²) in [6.07, 6.45) is -3.70. The first kappa shape index (κ1) is 31.0. The van der Waals surface area contributed by atoms with Crippen molar-refractivity contribution in [2.75, 3.05) is 22.5 Å². The van der Waals surface area contributed by atoms with Gasteiger partial charge in [-0.1, -0.05) is 44.2 Å². The lowest BCUT2D eigenvalue weighted by Gasteiger charge is -2.21. The largest absolute Gasteiger partial charge is 0.490 e. The molecule has 0 radical (unpaired) electrons. The van der Waals surface area contributed by atoms with Gasteiger partial charge in [-0.3, -0.25) is 4.79 Å². The van der Waals surface area contributed by atoms with Gasteiger partial charge in [-0.2, -0.15) is 18.2 Å². The minimum Gasteiger partial charge on any atom is -0.475 e. The Morgan fingerprint density at radius 3 is 2.18 bits per heavy atom. The molecular formula is C27H31F4N5O3. The molecule has 4 N–H and O–H groups in total. The minimum atomic E-state index is -5.08. The van der Waals surface area contributed by atoms with E-state index >= 15 is 0 Å². The van der Waals surface area contributed by atoms with Crippen molar-refractivity contribution in [2.45, 2.75) is 45.8 Å². The lowest BCUT2D eigenvalue weighted by atomic mass is 10.0. The van der Waals surface area contributed by atoms with Gasteiger partial charge in [0.2, 0.25) is 11.9 Å². The number of hydrogen-bond acceptors (Lipinski definition) is 6. The van der Waals surface area contributed by atoms with Crippen molar-refractivity contribution in [3.8, 4) is 0 Å². The first-order valence-electron chi connectivity index (χ1n) is 12.1. The fraction of sp³-hybridized carbons (Fsp3) is 0.333. The quantitative estimate of drug-likeness (QED) is 0.241. The number of nitrogens with zero attached hydrogens (tertiary/aromatic N) is 2. The molecule has 3 rings (SSSR count). The molecule has 0 unspecified atom stereocenters. The zero-order chi connectivity index (χ0) is 29.0. The number of alkyl halides is 3. The Morgan fingerprint density at radius 2 is 1.62 bits per heavy atom. The number of aromatic nitrogens is 2. The lowest BCUT2D eigenvalue weighted by Crippen LogP contribution is -2.36.